The summed E-state index contributed by atoms with van der Waals surface area (Å²) >= 11 is 0. The Hall–Kier alpha value is -2.53. The summed E-state index contributed by atoms with van der Waals surface area (Å²) in [7, 11) is 0. The Morgan fingerprint density at radius 1 is 1.00 bits per heavy atom. The lowest BCUT2D eigenvalue weighted by atomic mass is 9.95. The third kappa shape index (κ3) is 2.75. The standard InChI is InChI=1S/C18H19N5/c19-16-14-8-9-15(13-7-4-10-20-11-13)21-18(14)23-17(22-16)12-5-2-1-3-6-12/h1-3,5-6,8-9,13,20H,4,7,10-11H2,(H2,19,21,22,23)/t13-/m0/s1. The zero-order valence-corrected chi connectivity index (χ0v) is 12.9. The molecule has 0 bridgehead atoms. The molecular formula is C18H19N5. The SMILES string of the molecule is Nc1nc(-c2ccccc2)nc2nc([C@H]3CCCNC3)ccc12. The van der Waals surface area contributed by atoms with Gasteiger partial charge in [-0.15, -0.1) is 0 Å². The number of anilines is 1. The van der Waals surface area contributed by atoms with E-state index in [0.717, 1.165) is 36.2 Å². The van der Waals surface area contributed by atoms with E-state index >= 15 is 0 Å². The lowest BCUT2D eigenvalue weighted by Gasteiger charge is -2.22. The number of nitrogens with one attached hydrogen (secondary N) is 1. The van der Waals surface area contributed by atoms with Gasteiger partial charge in [0.1, 0.15) is 5.82 Å². The molecule has 2 aromatic heterocycles. The van der Waals surface area contributed by atoms with Crippen LogP contribution in [0.1, 0.15) is 24.5 Å². The van der Waals surface area contributed by atoms with Gasteiger partial charge in [0.25, 0.3) is 0 Å². The van der Waals surface area contributed by atoms with E-state index in [1.807, 2.05) is 36.4 Å². The molecule has 0 amide bonds. The molecule has 1 saturated heterocycles. The zero-order chi connectivity index (χ0) is 15.6. The quantitative estimate of drug-likeness (QED) is 0.761. The van der Waals surface area contributed by atoms with Gasteiger partial charge in [-0.1, -0.05) is 30.3 Å². The molecule has 0 radical (unpaired) electrons. The number of hydrogen-bond acceptors (Lipinski definition) is 5. The van der Waals surface area contributed by atoms with Crippen LogP contribution in [0.25, 0.3) is 22.4 Å². The Kier molecular flexibility index (Phi) is 3.63. The van der Waals surface area contributed by atoms with Crippen LogP contribution in [0.2, 0.25) is 0 Å². The molecule has 0 aliphatic carbocycles. The number of nitrogen functional groups attached to an aromatic ring is 1. The van der Waals surface area contributed by atoms with Gasteiger partial charge in [-0.2, -0.15) is 0 Å². The normalized spacial score (nSPS) is 18.2. The Bertz CT molecular complexity index is 825. The third-order valence-corrected chi connectivity index (χ3v) is 4.36. The van der Waals surface area contributed by atoms with Crippen LogP contribution in [0.4, 0.5) is 5.82 Å². The Labute approximate surface area is 135 Å². The minimum atomic E-state index is 0.449. The van der Waals surface area contributed by atoms with E-state index in [-0.39, 0.29) is 0 Å². The number of piperidine rings is 1. The van der Waals surface area contributed by atoms with E-state index in [1.165, 1.54) is 6.42 Å². The van der Waals surface area contributed by atoms with Gasteiger partial charge in [-0.05, 0) is 31.5 Å². The van der Waals surface area contributed by atoms with Gasteiger partial charge in [-0.25, -0.2) is 15.0 Å². The maximum atomic E-state index is 6.12. The second-order valence-electron chi connectivity index (χ2n) is 5.95. The maximum absolute atomic E-state index is 6.12. The van der Waals surface area contributed by atoms with Crippen LogP contribution in [0.3, 0.4) is 0 Å². The number of aromatic nitrogens is 3. The molecule has 3 N–H and O–H groups in total. The molecule has 1 aliphatic heterocycles. The van der Waals surface area contributed by atoms with Crippen molar-refractivity contribution in [3.63, 3.8) is 0 Å². The van der Waals surface area contributed by atoms with Crippen molar-refractivity contribution in [3.8, 4) is 11.4 Å². The number of pyridine rings is 1. The van der Waals surface area contributed by atoms with Gasteiger partial charge in [-0.3, -0.25) is 0 Å². The highest BCUT2D eigenvalue weighted by Crippen LogP contribution is 2.26. The predicted octanol–water partition coefficient (Wildman–Crippen LogP) is 2.74. The van der Waals surface area contributed by atoms with Crippen molar-refractivity contribution >= 4 is 16.9 Å². The summed E-state index contributed by atoms with van der Waals surface area (Å²) in [6.45, 7) is 2.07. The average Bonchev–Trinajstić information content (AvgIpc) is 2.63. The van der Waals surface area contributed by atoms with Gasteiger partial charge in [0.2, 0.25) is 0 Å². The molecule has 116 valence electrons. The maximum Gasteiger partial charge on any atom is 0.165 e. The summed E-state index contributed by atoms with van der Waals surface area (Å²) in [5.74, 6) is 1.56. The average molecular weight is 305 g/mol. The fraction of sp³-hybridized carbons (Fsp3) is 0.278. The first-order chi connectivity index (χ1) is 11.3. The number of hydrogen-bond donors (Lipinski definition) is 2. The van der Waals surface area contributed by atoms with E-state index in [9.17, 15) is 0 Å². The van der Waals surface area contributed by atoms with Crippen LogP contribution < -0.4 is 11.1 Å². The minimum absolute atomic E-state index is 0.449. The molecule has 3 heterocycles. The first-order valence-electron chi connectivity index (χ1n) is 8.01. The summed E-state index contributed by atoms with van der Waals surface area (Å²) in [6, 6.07) is 13.9. The summed E-state index contributed by atoms with van der Waals surface area (Å²) in [4.78, 5) is 13.8. The van der Waals surface area contributed by atoms with Crippen molar-refractivity contribution in [2.75, 3.05) is 18.8 Å². The molecule has 5 nitrogen and oxygen atoms in total. The monoisotopic (exact) mass is 305 g/mol. The summed E-state index contributed by atoms with van der Waals surface area (Å²) in [6.07, 6.45) is 2.35. The molecular weight excluding hydrogens is 286 g/mol. The number of nitrogens with two attached hydrogens (primary N) is 1. The Morgan fingerprint density at radius 3 is 2.65 bits per heavy atom. The highest BCUT2D eigenvalue weighted by molar-refractivity contribution is 5.87. The first-order valence-corrected chi connectivity index (χ1v) is 8.01. The number of benzene rings is 1. The van der Waals surface area contributed by atoms with Gasteiger partial charge in [0.05, 0.1) is 5.39 Å². The highest BCUT2D eigenvalue weighted by Gasteiger charge is 2.18. The van der Waals surface area contributed by atoms with Crippen LogP contribution in [-0.2, 0) is 0 Å². The van der Waals surface area contributed by atoms with Crippen LogP contribution >= 0.6 is 0 Å². The lowest BCUT2D eigenvalue weighted by molar-refractivity contribution is 0.455. The molecule has 0 unspecified atom stereocenters. The molecule has 3 aromatic rings. The lowest BCUT2D eigenvalue weighted by Crippen LogP contribution is -2.28. The van der Waals surface area contributed by atoms with Crippen LogP contribution in [-0.4, -0.2) is 28.0 Å². The second-order valence-corrected chi connectivity index (χ2v) is 5.95. The van der Waals surface area contributed by atoms with Crippen molar-refractivity contribution in [1.82, 2.24) is 20.3 Å². The van der Waals surface area contributed by atoms with Gasteiger partial charge in [0.15, 0.2) is 11.5 Å². The molecule has 1 aromatic carbocycles. The fourth-order valence-electron chi connectivity index (χ4n) is 3.10. The van der Waals surface area contributed by atoms with E-state index < -0.39 is 0 Å². The molecule has 1 fully saturated rings. The van der Waals surface area contributed by atoms with Crippen molar-refractivity contribution < 1.29 is 0 Å². The number of nitrogens with zero attached hydrogens (tertiary/aromatic N) is 3. The molecule has 1 aliphatic rings. The van der Waals surface area contributed by atoms with E-state index in [0.29, 0.717) is 23.2 Å². The summed E-state index contributed by atoms with van der Waals surface area (Å²) < 4.78 is 0. The Balaban J connectivity index is 1.80. The van der Waals surface area contributed by atoms with Gasteiger partial charge >= 0.3 is 0 Å². The smallest absolute Gasteiger partial charge is 0.165 e. The van der Waals surface area contributed by atoms with Crippen molar-refractivity contribution in [2.45, 2.75) is 18.8 Å². The van der Waals surface area contributed by atoms with Crippen molar-refractivity contribution in [3.05, 3.63) is 48.2 Å². The van der Waals surface area contributed by atoms with E-state index in [1.54, 1.807) is 0 Å². The Morgan fingerprint density at radius 2 is 1.87 bits per heavy atom. The van der Waals surface area contributed by atoms with Crippen LogP contribution in [0.5, 0.6) is 0 Å². The molecule has 4 rings (SSSR count). The molecule has 1 atom stereocenters. The first kappa shape index (κ1) is 14.1. The largest absolute Gasteiger partial charge is 0.383 e. The minimum Gasteiger partial charge on any atom is -0.383 e. The zero-order valence-electron chi connectivity index (χ0n) is 12.9. The number of rotatable bonds is 2. The van der Waals surface area contributed by atoms with Gasteiger partial charge in [0, 0.05) is 23.7 Å². The topological polar surface area (TPSA) is 76.7 Å². The highest BCUT2D eigenvalue weighted by atomic mass is 15.0. The fourth-order valence-corrected chi connectivity index (χ4v) is 3.10. The van der Waals surface area contributed by atoms with E-state index in [2.05, 4.69) is 21.4 Å². The van der Waals surface area contributed by atoms with E-state index in [4.69, 9.17) is 10.7 Å². The van der Waals surface area contributed by atoms with Gasteiger partial charge < -0.3 is 11.1 Å². The molecule has 0 saturated carbocycles. The second kappa shape index (κ2) is 5.93. The third-order valence-electron chi connectivity index (χ3n) is 4.36. The molecule has 23 heavy (non-hydrogen) atoms. The molecule has 5 heteroatoms. The molecule has 0 spiro atoms. The van der Waals surface area contributed by atoms with Crippen LogP contribution in [0, 0.1) is 0 Å². The summed E-state index contributed by atoms with van der Waals surface area (Å²) in [5, 5.41) is 4.25. The number of fused-ring (bicyclic) bond motifs is 1. The summed E-state index contributed by atoms with van der Waals surface area (Å²) in [5.41, 5.74) is 8.84. The predicted molar refractivity (Wildman–Crippen MR) is 92.0 cm³/mol. The van der Waals surface area contributed by atoms with Crippen molar-refractivity contribution in [1.29, 1.82) is 0 Å². The van der Waals surface area contributed by atoms with Crippen LogP contribution in [0.15, 0.2) is 42.5 Å². The van der Waals surface area contributed by atoms with Crippen molar-refractivity contribution in [2.24, 2.45) is 0 Å².